The monoisotopic (exact) mass is 250 g/mol. The summed E-state index contributed by atoms with van der Waals surface area (Å²) in [6, 6.07) is 0. The molecule has 0 saturated carbocycles. The van der Waals surface area contributed by atoms with E-state index in [1.165, 1.54) is 18.4 Å². The van der Waals surface area contributed by atoms with Crippen molar-refractivity contribution in [1.82, 2.24) is 10.1 Å². The number of fused-ring (bicyclic) bond motifs is 1. The van der Waals surface area contributed by atoms with Gasteiger partial charge in [-0.2, -0.15) is 0 Å². The third kappa shape index (κ3) is 2.66. The summed E-state index contributed by atoms with van der Waals surface area (Å²) in [5.74, 6) is 1.64. The van der Waals surface area contributed by atoms with E-state index >= 15 is 0 Å². The first-order chi connectivity index (χ1) is 8.76. The number of nitrogens with zero attached hydrogens (tertiary/aromatic N) is 3. The van der Waals surface area contributed by atoms with E-state index in [2.05, 4.69) is 24.0 Å². The van der Waals surface area contributed by atoms with Gasteiger partial charge in [-0.15, -0.1) is 0 Å². The fraction of sp³-hybridized carbons (Fsp3) is 0.692. The highest BCUT2D eigenvalue weighted by Crippen LogP contribution is 2.24. The molecule has 2 N–H and O–H groups in total. The lowest BCUT2D eigenvalue weighted by molar-refractivity contribution is 0.368. The van der Waals surface area contributed by atoms with Gasteiger partial charge in [-0.3, -0.25) is 0 Å². The van der Waals surface area contributed by atoms with Crippen LogP contribution in [0.1, 0.15) is 43.7 Å². The molecule has 1 aromatic heterocycles. The van der Waals surface area contributed by atoms with Crippen molar-refractivity contribution in [3.05, 3.63) is 17.0 Å². The molecule has 0 radical (unpaired) electrons. The van der Waals surface area contributed by atoms with Crippen molar-refractivity contribution in [2.24, 2.45) is 10.7 Å². The largest absolute Gasteiger partial charge is 0.370 e. The molecule has 0 unspecified atom stereocenters. The molecule has 1 heterocycles. The molecule has 0 amide bonds. The van der Waals surface area contributed by atoms with Crippen LogP contribution in [0.25, 0.3) is 0 Å². The quantitative estimate of drug-likeness (QED) is 0.652. The highest BCUT2D eigenvalue weighted by molar-refractivity contribution is 5.77. The second-order valence-corrected chi connectivity index (χ2v) is 4.58. The zero-order valence-electron chi connectivity index (χ0n) is 11.3. The van der Waals surface area contributed by atoms with Gasteiger partial charge in [-0.05, 0) is 33.1 Å². The third-order valence-corrected chi connectivity index (χ3v) is 3.51. The summed E-state index contributed by atoms with van der Waals surface area (Å²) in [4.78, 5) is 6.45. The maximum absolute atomic E-state index is 5.95. The summed E-state index contributed by atoms with van der Waals surface area (Å²) in [7, 11) is 0. The number of rotatable bonds is 4. The van der Waals surface area contributed by atoms with E-state index < -0.39 is 0 Å². The first-order valence-corrected chi connectivity index (χ1v) is 6.77. The number of aliphatic imine (C=N–C) groups is 1. The lowest BCUT2D eigenvalue weighted by Gasteiger charge is -2.19. The molecule has 0 spiro atoms. The fourth-order valence-electron chi connectivity index (χ4n) is 2.38. The van der Waals surface area contributed by atoms with Crippen LogP contribution in [0.5, 0.6) is 0 Å². The van der Waals surface area contributed by atoms with Gasteiger partial charge < -0.3 is 15.2 Å². The number of guanidine groups is 1. The first kappa shape index (κ1) is 12.9. The third-order valence-electron chi connectivity index (χ3n) is 3.51. The smallest absolute Gasteiger partial charge is 0.191 e. The zero-order chi connectivity index (χ0) is 13.0. The predicted octanol–water partition coefficient (Wildman–Crippen LogP) is 1.71. The van der Waals surface area contributed by atoms with E-state index in [1.54, 1.807) is 0 Å². The summed E-state index contributed by atoms with van der Waals surface area (Å²) >= 11 is 0. The zero-order valence-corrected chi connectivity index (χ0v) is 11.3. The van der Waals surface area contributed by atoms with Gasteiger partial charge in [0.2, 0.25) is 0 Å². The Hall–Kier alpha value is -1.52. The van der Waals surface area contributed by atoms with Gasteiger partial charge in [-0.25, -0.2) is 4.99 Å². The SMILES string of the molecule is CCN(CC)C(N)=NCc1noc2c1CCCC2. The molecule has 18 heavy (non-hydrogen) atoms. The first-order valence-electron chi connectivity index (χ1n) is 6.77. The molecule has 2 rings (SSSR count). The minimum absolute atomic E-state index is 0.529. The molecule has 5 nitrogen and oxygen atoms in total. The van der Waals surface area contributed by atoms with E-state index in [4.69, 9.17) is 10.3 Å². The van der Waals surface area contributed by atoms with E-state index in [9.17, 15) is 0 Å². The van der Waals surface area contributed by atoms with Crippen LogP contribution < -0.4 is 5.73 Å². The lowest BCUT2D eigenvalue weighted by atomic mass is 9.96. The number of nitrogens with two attached hydrogens (primary N) is 1. The summed E-state index contributed by atoms with van der Waals surface area (Å²) in [6.45, 7) is 6.43. The standard InChI is InChI=1S/C13H22N4O/c1-3-17(4-2)13(14)15-9-11-10-7-5-6-8-12(10)18-16-11/h3-9H2,1-2H3,(H2,14,15). The number of aromatic nitrogens is 1. The van der Waals surface area contributed by atoms with Gasteiger partial charge in [-0.1, -0.05) is 5.16 Å². The number of hydrogen-bond donors (Lipinski definition) is 1. The molecular weight excluding hydrogens is 228 g/mol. The van der Waals surface area contributed by atoms with Crippen LogP contribution in [0.15, 0.2) is 9.52 Å². The predicted molar refractivity (Wildman–Crippen MR) is 71.4 cm³/mol. The molecule has 1 aliphatic carbocycles. The molecule has 0 bridgehead atoms. The van der Waals surface area contributed by atoms with Gasteiger partial charge in [0.05, 0.1) is 6.54 Å². The van der Waals surface area contributed by atoms with Crippen molar-refractivity contribution in [1.29, 1.82) is 0 Å². The van der Waals surface area contributed by atoms with E-state index in [0.717, 1.165) is 37.4 Å². The van der Waals surface area contributed by atoms with Gasteiger partial charge in [0, 0.05) is 25.1 Å². The molecule has 0 atom stereocenters. The average Bonchev–Trinajstić information content (AvgIpc) is 2.81. The summed E-state index contributed by atoms with van der Waals surface area (Å²) in [5, 5.41) is 4.12. The summed E-state index contributed by atoms with van der Waals surface area (Å²) in [5.41, 5.74) is 8.17. The molecule has 100 valence electrons. The highest BCUT2D eigenvalue weighted by Gasteiger charge is 2.18. The Morgan fingerprint density at radius 1 is 1.33 bits per heavy atom. The normalized spacial score (nSPS) is 15.6. The molecule has 1 aromatic rings. The van der Waals surface area contributed by atoms with Crippen molar-refractivity contribution in [3.8, 4) is 0 Å². The molecule has 0 saturated heterocycles. The minimum atomic E-state index is 0.529. The van der Waals surface area contributed by atoms with Crippen molar-refractivity contribution in [2.75, 3.05) is 13.1 Å². The molecule has 0 aliphatic heterocycles. The van der Waals surface area contributed by atoms with E-state index in [1.807, 2.05) is 4.90 Å². The van der Waals surface area contributed by atoms with Gasteiger partial charge in [0.15, 0.2) is 5.96 Å². The van der Waals surface area contributed by atoms with Crippen LogP contribution in [0.3, 0.4) is 0 Å². The average molecular weight is 250 g/mol. The van der Waals surface area contributed by atoms with Crippen LogP contribution in [-0.4, -0.2) is 29.1 Å². The second-order valence-electron chi connectivity index (χ2n) is 4.58. The summed E-state index contributed by atoms with van der Waals surface area (Å²) in [6.07, 6.45) is 4.50. The number of aryl methyl sites for hydroxylation is 1. The van der Waals surface area contributed by atoms with Gasteiger partial charge in [0.25, 0.3) is 0 Å². The lowest BCUT2D eigenvalue weighted by Crippen LogP contribution is -2.37. The molecule has 1 aliphatic rings. The Bertz CT molecular complexity index is 421. The molecule has 0 aromatic carbocycles. The Labute approximate surface area is 108 Å². The van der Waals surface area contributed by atoms with E-state index in [0.29, 0.717) is 12.5 Å². The van der Waals surface area contributed by atoms with Crippen LogP contribution in [0.4, 0.5) is 0 Å². The van der Waals surface area contributed by atoms with Crippen LogP contribution in [-0.2, 0) is 19.4 Å². The summed E-state index contributed by atoms with van der Waals surface area (Å²) < 4.78 is 5.36. The number of hydrogen-bond acceptors (Lipinski definition) is 3. The minimum Gasteiger partial charge on any atom is -0.370 e. The van der Waals surface area contributed by atoms with Crippen molar-refractivity contribution < 1.29 is 4.52 Å². The maximum Gasteiger partial charge on any atom is 0.191 e. The Morgan fingerprint density at radius 3 is 2.78 bits per heavy atom. The van der Waals surface area contributed by atoms with E-state index in [-0.39, 0.29) is 0 Å². The topological polar surface area (TPSA) is 67.7 Å². The maximum atomic E-state index is 5.95. The Kier molecular flexibility index (Phi) is 4.23. The van der Waals surface area contributed by atoms with Crippen LogP contribution in [0, 0.1) is 0 Å². The highest BCUT2D eigenvalue weighted by atomic mass is 16.5. The van der Waals surface area contributed by atoms with Gasteiger partial charge in [0.1, 0.15) is 11.5 Å². The molecule has 5 heteroatoms. The molecule has 0 fully saturated rings. The van der Waals surface area contributed by atoms with Crippen LogP contribution in [0.2, 0.25) is 0 Å². The van der Waals surface area contributed by atoms with Gasteiger partial charge >= 0.3 is 0 Å². The molecular formula is C13H22N4O. The van der Waals surface area contributed by atoms with Crippen LogP contribution >= 0.6 is 0 Å². The van der Waals surface area contributed by atoms with Crippen molar-refractivity contribution in [3.63, 3.8) is 0 Å². The second kappa shape index (κ2) is 5.89. The Balaban J connectivity index is 2.05. The fourth-order valence-corrected chi connectivity index (χ4v) is 2.38. The Morgan fingerprint density at radius 2 is 2.06 bits per heavy atom. The van der Waals surface area contributed by atoms with Crippen molar-refractivity contribution >= 4 is 5.96 Å². The van der Waals surface area contributed by atoms with Crippen molar-refractivity contribution in [2.45, 2.75) is 46.1 Å².